The van der Waals surface area contributed by atoms with Crippen LogP contribution in [0, 0.1) is 6.92 Å². The van der Waals surface area contributed by atoms with Gasteiger partial charge in [-0.05, 0) is 36.8 Å². The predicted molar refractivity (Wildman–Crippen MR) is 91.4 cm³/mol. The summed E-state index contributed by atoms with van der Waals surface area (Å²) in [7, 11) is -2.25. The molecule has 3 aromatic rings. The van der Waals surface area contributed by atoms with Gasteiger partial charge in [0.25, 0.3) is 0 Å². The molecule has 0 atom stereocenters. The van der Waals surface area contributed by atoms with Crippen molar-refractivity contribution in [2.75, 3.05) is 5.75 Å². The molecule has 0 bridgehead atoms. The number of sulfone groups is 1. The van der Waals surface area contributed by atoms with E-state index < -0.39 is 21.6 Å². The number of benzene rings is 1. The molecule has 2 heterocycles. The van der Waals surface area contributed by atoms with Crippen LogP contribution in [0.4, 0.5) is 13.2 Å². The summed E-state index contributed by atoms with van der Waals surface area (Å²) in [4.78, 5) is 8.28. The second-order valence-electron chi connectivity index (χ2n) is 5.96. The first-order valence-electron chi connectivity index (χ1n) is 7.78. The lowest BCUT2D eigenvalue weighted by molar-refractivity contribution is -0.137. The van der Waals surface area contributed by atoms with Gasteiger partial charge in [0, 0.05) is 18.8 Å². The second-order valence-corrected chi connectivity index (χ2v) is 8.21. The molecule has 3 rings (SSSR count). The highest BCUT2D eigenvalue weighted by Gasteiger charge is 2.33. The van der Waals surface area contributed by atoms with Crippen LogP contribution in [-0.4, -0.2) is 28.7 Å². The largest absolute Gasteiger partial charge is 0.416 e. The maximum absolute atomic E-state index is 13.1. The highest BCUT2D eigenvalue weighted by Crippen LogP contribution is 2.36. The normalized spacial score (nSPS) is 12.7. The van der Waals surface area contributed by atoms with E-state index in [1.807, 2.05) is 6.92 Å². The van der Waals surface area contributed by atoms with Crippen molar-refractivity contribution in [3.8, 4) is 11.4 Å². The highest BCUT2D eigenvalue weighted by atomic mass is 32.2. The molecular formula is C17H16F3N3O2S. The van der Waals surface area contributed by atoms with Crippen molar-refractivity contribution in [3.63, 3.8) is 0 Å². The summed E-state index contributed by atoms with van der Waals surface area (Å²) in [6.45, 7) is 3.23. The molecule has 9 heteroatoms. The van der Waals surface area contributed by atoms with Crippen LogP contribution >= 0.6 is 0 Å². The molecule has 0 fully saturated rings. The molecular weight excluding hydrogens is 367 g/mol. The lowest BCUT2D eigenvalue weighted by Crippen LogP contribution is -2.11. The molecule has 0 aliphatic rings. The van der Waals surface area contributed by atoms with Crippen molar-refractivity contribution in [1.29, 1.82) is 0 Å². The fourth-order valence-electron chi connectivity index (χ4n) is 2.71. The van der Waals surface area contributed by atoms with Crippen molar-refractivity contribution >= 4 is 21.0 Å². The number of alkyl halides is 3. The van der Waals surface area contributed by atoms with Crippen molar-refractivity contribution in [2.45, 2.75) is 24.9 Å². The number of fused-ring (bicyclic) bond motifs is 1. The van der Waals surface area contributed by atoms with Gasteiger partial charge in [-0.2, -0.15) is 13.2 Å². The molecule has 2 aromatic heterocycles. The Morgan fingerprint density at radius 1 is 1.19 bits per heavy atom. The molecule has 0 saturated carbocycles. The van der Waals surface area contributed by atoms with Crippen molar-refractivity contribution < 1.29 is 21.6 Å². The molecule has 26 heavy (non-hydrogen) atoms. The minimum atomic E-state index is -4.64. The molecule has 0 amide bonds. The number of halogens is 3. The summed E-state index contributed by atoms with van der Waals surface area (Å²) in [6.07, 6.45) is -2.99. The molecule has 0 spiro atoms. The van der Waals surface area contributed by atoms with E-state index >= 15 is 0 Å². The van der Waals surface area contributed by atoms with Crippen LogP contribution in [0.15, 0.2) is 35.4 Å². The van der Waals surface area contributed by atoms with Crippen LogP contribution in [0.5, 0.6) is 0 Å². The SMILES string of the molecule is CCS(=O)(=O)c1cc(C(F)(F)F)ccc1-c1nc2cc(C)cnc2n1C. The van der Waals surface area contributed by atoms with Crippen LogP contribution in [0.25, 0.3) is 22.6 Å². The van der Waals surface area contributed by atoms with Gasteiger partial charge in [0.2, 0.25) is 0 Å². The van der Waals surface area contributed by atoms with Crippen molar-refractivity contribution in [1.82, 2.24) is 14.5 Å². The van der Waals surface area contributed by atoms with E-state index in [0.717, 1.165) is 17.7 Å². The van der Waals surface area contributed by atoms with Crippen LogP contribution in [0.1, 0.15) is 18.1 Å². The fraction of sp³-hybridized carbons (Fsp3) is 0.294. The Morgan fingerprint density at radius 3 is 2.50 bits per heavy atom. The molecule has 1 aromatic carbocycles. The van der Waals surface area contributed by atoms with Gasteiger partial charge in [0.05, 0.1) is 16.2 Å². The smallest absolute Gasteiger partial charge is 0.312 e. The van der Waals surface area contributed by atoms with Crippen molar-refractivity contribution in [3.05, 3.63) is 41.6 Å². The topological polar surface area (TPSA) is 64.8 Å². The van der Waals surface area contributed by atoms with E-state index in [2.05, 4.69) is 9.97 Å². The fourth-order valence-corrected chi connectivity index (χ4v) is 3.83. The average Bonchev–Trinajstić information content (AvgIpc) is 2.89. The first-order chi connectivity index (χ1) is 12.0. The highest BCUT2D eigenvalue weighted by molar-refractivity contribution is 7.91. The summed E-state index contributed by atoms with van der Waals surface area (Å²) >= 11 is 0. The Bertz CT molecular complexity index is 1100. The Hall–Kier alpha value is -2.42. The molecule has 5 nitrogen and oxygen atoms in total. The van der Waals surface area contributed by atoms with Gasteiger partial charge in [0.15, 0.2) is 15.5 Å². The predicted octanol–water partition coefficient (Wildman–Crippen LogP) is 3.76. The standard InChI is InChI=1S/C17H16F3N3O2S/c1-4-26(24,25)14-8-11(17(18,19)20)5-6-12(14)15-22-13-7-10(2)9-21-16(13)23(15)3/h5-9H,4H2,1-3H3. The number of imidazole rings is 1. The van der Waals surface area contributed by atoms with Crippen LogP contribution in [0.3, 0.4) is 0 Å². The van der Waals surface area contributed by atoms with Gasteiger partial charge in [-0.1, -0.05) is 6.92 Å². The Kier molecular flexibility index (Phi) is 4.30. The Balaban J connectivity index is 2.33. The average molecular weight is 383 g/mol. The summed E-state index contributed by atoms with van der Waals surface area (Å²) < 4.78 is 65.6. The zero-order valence-corrected chi connectivity index (χ0v) is 15.1. The summed E-state index contributed by atoms with van der Waals surface area (Å²) in [5.74, 6) is -0.0679. The van der Waals surface area contributed by atoms with E-state index in [1.165, 1.54) is 6.92 Å². The molecule has 0 aliphatic carbocycles. The third-order valence-corrected chi connectivity index (χ3v) is 5.88. The minimum absolute atomic E-state index is 0.123. The van der Waals surface area contributed by atoms with Crippen molar-refractivity contribution in [2.24, 2.45) is 7.05 Å². The van der Waals surface area contributed by atoms with Gasteiger partial charge in [0.1, 0.15) is 11.3 Å². The third-order valence-electron chi connectivity index (χ3n) is 4.11. The van der Waals surface area contributed by atoms with E-state index in [0.29, 0.717) is 17.2 Å². The monoisotopic (exact) mass is 383 g/mol. The number of nitrogens with zero attached hydrogens (tertiary/aromatic N) is 3. The van der Waals surface area contributed by atoms with E-state index in [9.17, 15) is 21.6 Å². The number of aromatic nitrogens is 3. The van der Waals surface area contributed by atoms with E-state index in [-0.39, 0.29) is 22.0 Å². The third kappa shape index (κ3) is 3.07. The van der Waals surface area contributed by atoms with E-state index in [4.69, 9.17) is 0 Å². The molecule has 0 unspecified atom stereocenters. The Labute approximate surface area is 148 Å². The summed E-state index contributed by atoms with van der Waals surface area (Å²) in [6, 6.07) is 4.47. The van der Waals surface area contributed by atoms with Gasteiger partial charge in [-0.3, -0.25) is 0 Å². The lowest BCUT2D eigenvalue weighted by Gasteiger charge is -2.13. The summed E-state index contributed by atoms with van der Waals surface area (Å²) in [5.41, 5.74) is 1.04. The number of aryl methyl sites for hydroxylation is 2. The summed E-state index contributed by atoms with van der Waals surface area (Å²) in [5, 5.41) is 0. The zero-order chi connectivity index (χ0) is 19.3. The molecule has 0 aliphatic heterocycles. The van der Waals surface area contributed by atoms with Gasteiger partial charge in [-0.15, -0.1) is 0 Å². The second kappa shape index (κ2) is 6.08. The van der Waals surface area contributed by atoms with Gasteiger partial charge >= 0.3 is 6.18 Å². The van der Waals surface area contributed by atoms with Crippen LogP contribution < -0.4 is 0 Å². The van der Waals surface area contributed by atoms with Crippen LogP contribution in [-0.2, 0) is 23.1 Å². The number of pyridine rings is 1. The lowest BCUT2D eigenvalue weighted by atomic mass is 10.1. The number of hydrogen-bond acceptors (Lipinski definition) is 4. The first kappa shape index (κ1) is 18.4. The Morgan fingerprint density at radius 2 is 1.88 bits per heavy atom. The number of hydrogen-bond donors (Lipinski definition) is 0. The number of rotatable bonds is 3. The maximum atomic E-state index is 13.1. The van der Waals surface area contributed by atoms with Gasteiger partial charge < -0.3 is 4.57 Å². The van der Waals surface area contributed by atoms with Gasteiger partial charge in [-0.25, -0.2) is 18.4 Å². The maximum Gasteiger partial charge on any atom is 0.416 e. The molecule has 0 N–H and O–H groups in total. The quantitative estimate of drug-likeness (QED) is 0.691. The van der Waals surface area contributed by atoms with E-state index in [1.54, 1.807) is 23.9 Å². The minimum Gasteiger partial charge on any atom is -0.312 e. The molecule has 138 valence electrons. The zero-order valence-electron chi connectivity index (χ0n) is 14.3. The first-order valence-corrected chi connectivity index (χ1v) is 9.43. The molecule has 0 saturated heterocycles. The molecule has 0 radical (unpaired) electrons. The van der Waals surface area contributed by atoms with Crippen LogP contribution in [0.2, 0.25) is 0 Å².